The lowest BCUT2D eigenvalue weighted by Crippen LogP contribution is -2.28. The number of carbonyl (C=O) groups excluding carboxylic acids is 1. The molecule has 1 heterocycles. The van der Waals surface area contributed by atoms with E-state index in [4.69, 9.17) is 0 Å². The van der Waals surface area contributed by atoms with Gasteiger partial charge in [0.25, 0.3) is 5.91 Å². The van der Waals surface area contributed by atoms with Gasteiger partial charge in [-0.1, -0.05) is 37.3 Å². The monoisotopic (exact) mass is 269 g/mol. The number of halogens is 1. The normalized spacial score (nSPS) is 15.3. The average molecular weight is 269 g/mol. The van der Waals surface area contributed by atoms with Crippen molar-refractivity contribution >= 4 is 5.91 Å². The van der Waals surface area contributed by atoms with Crippen LogP contribution in [0.2, 0.25) is 0 Å². The highest BCUT2D eigenvalue weighted by Gasteiger charge is 2.32. The van der Waals surface area contributed by atoms with Gasteiger partial charge in [0.15, 0.2) is 0 Å². The highest BCUT2D eigenvalue weighted by Crippen LogP contribution is 2.33. The molecule has 3 rings (SSSR count). The summed E-state index contributed by atoms with van der Waals surface area (Å²) in [4.78, 5) is 14.4. The lowest BCUT2D eigenvalue weighted by atomic mass is 10.0. The predicted molar refractivity (Wildman–Crippen MR) is 75.7 cm³/mol. The maximum absolute atomic E-state index is 13.0. The summed E-state index contributed by atoms with van der Waals surface area (Å²) in [6.45, 7) is 2.68. The summed E-state index contributed by atoms with van der Waals surface area (Å²) in [6.07, 6.45) is 0.811. The van der Waals surface area contributed by atoms with Crippen molar-refractivity contribution in [2.45, 2.75) is 25.9 Å². The Bertz CT molecular complexity index is 636. The van der Waals surface area contributed by atoms with E-state index in [1.54, 1.807) is 12.1 Å². The molecule has 0 aliphatic carbocycles. The first-order valence-electron chi connectivity index (χ1n) is 6.85. The van der Waals surface area contributed by atoms with E-state index in [1.807, 2.05) is 36.1 Å². The Kier molecular flexibility index (Phi) is 3.26. The summed E-state index contributed by atoms with van der Waals surface area (Å²) in [5.74, 6) is -0.184. The second kappa shape index (κ2) is 5.08. The van der Waals surface area contributed by atoms with E-state index in [1.165, 1.54) is 12.1 Å². The number of amides is 1. The molecule has 0 saturated carbocycles. The van der Waals surface area contributed by atoms with Crippen LogP contribution < -0.4 is 0 Å². The van der Waals surface area contributed by atoms with Crippen LogP contribution in [-0.4, -0.2) is 10.8 Å². The molecular formula is C17H16FNO. The van der Waals surface area contributed by atoms with Crippen molar-refractivity contribution in [3.8, 4) is 0 Å². The first-order valence-corrected chi connectivity index (χ1v) is 6.85. The second-order valence-corrected chi connectivity index (χ2v) is 5.07. The van der Waals surface area contributed by atoms with Crippen LogP contribution in [-0.2, 0) is 6.54 Å². The van der Waals surface area contributed by atoms with Gasteiger partial charge in [0, 0.05) is 12.1 Å². The van der Waals surface area contributed by atoms with Gasteiger partial charge in [0.05, 0.1) is 6.04 Å². The molecule has 1 aliphatic rings. The summed E-state index contributed by atoms with van der Waals surface area (Å²) in [6, 6.07) is 14.1. The first-order chi connectivity index (χ1) is 9.70. The highest BCUT2D eigenvalue weighted by molar-refractivity contribution is 5.98. The lowest BCUT2D eigenvalue weighted by Gasteiger charge is -2.27. The zero-order valence-electron chi connectivity index (χ0n) is 11.3. The van der Waals surface area contributed by atoms with Crippen LogP contribution in [0.3, 0.4) is 0 Å². The smallest absolute Gasteiger partial charge is 0.255 e. The average Bonchev–Trinajstić information content (AvgIpc) is 2.80. The van der Waals surface area contributed by atoms with Crippen LogP contribution in [0.5, 0.6) is 0 Å². The molecule has 2 aromatic rings. The number of benzene rings is 2. The fourth-order valence-electron chi connectivity index (χ4n) is 2.85. The third kappa shape index (κ3) is 2.09. The van der Waals surface area contributed by atoms with E-state index >= 15 is 0 Å². The van der Waals surface area contributed by atoms with Gasteiger partial charge in [-0.25, -0.2) is 4.39 Å². The largest absolute Gasteiger partial charge is 0.327 e. The minimum atomic E-state index is -0.250. The third-order valence-electron chi connectivity index (χ3n) is 3.87. The Morgan fingerprint density at radius 1 is 1.15 bits per heavy atom. The molecule has 0 radical (unpaired) electrons. The van der Waals surface area contributed by atoms with E-state index < -0.39 is 0 Å². The van der Waals surface area contributed by atoms with Crippen molar-refractivity contribution in [2.75, 3.05) is 0 Å². The molecule has 0 aromatic heterocycles. The molecule has 1 aliphatic heterocycles. The van der Waals surface area contributed by atoms with Crippen LogP contribution >= 0.6 is 0 Å². The SMILES string of the molecule is CCC(c1ccc(F)cc1)N1Cc2ccccc2C1=O. The molecule has 0 N–H and O–H groups in total. The molecule has 0 fully saturated rings. The molecule has 0 bridgehead atoms. The molecule has 2 nitrogen and oxygen atoms in total. The first kappa shape index (κ1) is 12.9. The standard InChI is InChI=1S/C17H16FNO/c1-2-16(12-7-9-14(18)10-8-12)19-11-13-5-3-4-6-15(13)17(19)20/h3-10,16H,2,11H2,1H3. The summed E-state index contributed by atoms with van der Waals surface area (Å²) < 4.78 is 13.0. The second-order valence-electron chi connectivity index (χ2n) is 5.07. The molecule has 3 heteroatoms. The van der Waals surface area contributed by atoms with Crippen molar-refractivity contribution in [1.82, 2.24) is 4.90 Å². The fraction of sp³-hybridized carbons (Fsp3) is 0.235. The van der Waals surface area contributed by atoms with E-state index in [-0.39, 0.29) is 17.8 Å². The third-order valence-corrected chi connectivity index (χ3v) is 3.87. The maximum atomic E-state index is 13.0. The van der Waals surface area contributed by atoms with Gasteiger partial charge in [0.2, 0.25) is 0 Å². The fourth-order valence-corrected chi connectivity index (χ4v) is 2.85. The van der Waals surface area contributed by atoms with Gasteiger partial charge >= 0.3 is 0 Å². The zero-order valence-corrected chi connectivity index (χ0v) is 11.3. The zero-order chi connectivity index (χ0) is 14.1. The number of fused-ring (bicyclic) bond motifs is 1. The Morgan fingerprint density at radius 2 is 1.85 bits per heavy atom. The lowest BCUT2D eigenvalue weighted by molar-refractivity contribution is 0.0696. The van der Waals surface area contributed by atoms with Crippen LogP contribution in [0.4, 0.5) is 4.39 Å². The van der Waals surface area contributed by atoms with Crippen molar-refractivity contribution in [2.24, 2.45) is 0 Å². The topological polar surface area (TPSA) is 20.3 Å². The number of nitrogens with zero attached hydrogens (tertiary/aromatic N) is 1. The summed E-state index contributed by atoms with van der Waals surface area (Å²) in [7, 11) is 0. The van der Waals surface area contributed by atoms with E-state index in [9.17, 15) is 9.18 Å². The van der Waals surface area contributed by atoms with Crippen LogP contribution in [0, 0.1) is 5.82 Å². The van der Waals surface area contributed by atoms with Crippen LogP contribution in [0.25, 0.3) is 0 Å². The van der Waals surface area contributed by atoms with Gasteiger partial charge in [-0.2, -0.15) is 0 Å². The molecule has 1 amide bonds. The quantitative estimate of drug-likeness (QED) is 0.826. The minimum Gasteiger partial charge on any atom is -0.327 e. The minimum absolute atomic E-state index is 0.00417. The Balaban J connectivity index is 1.92. The molecule has 0 spiro atoms. The number of hydrogen-bond acceptors (Lipinski definition) is 1. The van der Waals surface area contributed by atoms with Gasteiger partial charge in [-0.05, 0) is 35.7 Å². The Morgan fingerprint density at radius 3 is 2.50 bits per heavy atom. The van der Waals surface area contributed by atoms with Crippen molar-refractivity contribution in [3.63, 3.8) is 0 Å². The van der Waals surface area contributed by atoms with Crippen molar-refractivity contribution in [1.29, 1.82) is 0 Å². The Hall–Kier alpha value is -2.16. The molecular weight excluding hydrogens is 253 g/mol. The molecule has 0 saturated heterocycles. The van der Waals surface area contributed by atoms with Crippen LogP contribution in [0.15, 0.2) is 48.5 Å². The van der Waals surface area contributed by atoms with E-state index in [2.05, 4.69) is 0 Å². The molecule has 2 aromatic carbocycles. The number of carbonyl (C=O) groups is 1. The van der Waals surface area contributed by atoms with Gasteiger partial charge in [0.1, 0.15) is 5.82 Å². The van der Waals surface area contributed by atoms with E-state index in [0.717, 1.165) is 23.1 Å². The summed E-state index contributed by atoms with van der Waals surface area (Å²) in [5.41, 5.74) is 2.83. The van der Waals surface area contributed by atoms with Crippen molar-refractivity contribution in [3.05, 3.63) is 71.0 Å². The molecule has 20 heavy (non-hydrogen) atoms. The van der Waals surface area contributed by atoms with Gasteiger partial charge in [-0.3, -0.25) is 4.79 Å². The maximum Gasteiger partial charge on any atom is 0.255 e. The molecule has 102 valence electrons. The van der Waals surface area contributed by atoms with Gasteiger partial charge in [-0.15, -0.1) is 0 Å². The van der Waals surface area contributed by atoms with E-state index in [0.29, 0.717) is 6.54 Å². The molecule has 1 unspecified atom stereocenters. The summed E-state index contributed by atoms with van der Waals surface area (Å²) in [5, 5.41) is 0. The number of rotatable bonds is 3. The predicted octanol–water partition coefficient (Wildman–Crippen LogP) is 3.93. The van der Waals surface area contributed by atoms with Crippen LogP contribution in [0.1, 0.15) is 40.9 Å². The van der Waals surface area contributed by atoms with Gasteiger partial charge < -0.3 is 4.90 Å². The summed E-state index contributed by atoms with van der Waals surface area (Å²) >= 11 is 0. The molecule has 1 atom stereocenters. The Labute approximate surface area is 117 Å². The highest BCUT2D eigenvalue weighted by atomic mass is 19.1. The number of hydrogen-bond donors (Lipinski definition) is 0. The van der Waals surface area contributed by atoms with Crippen molar-refractivity contribution < 1.29 is 9.18 Å².